The van der Waals surface area contributed by atoms with E-state index in [1.54, 1.807) is 13.0 Å². The summed E-state index contributed by atoms with van der Waals surface area (Å²) in [6.45, 7) is 1.66. The Hall–Kier alpha value is -1.69. The fourth-order valence-electron chi connectivity index (χ4n) is 2.23. The minimum atomic E-state index is -0.312. The molecule has 0 radical (unpaired) electrons. The van der Waals surface area contributed by atoms with Crippen LogP contribution in [0.25, 0.3) is 21.3 Å². The van der Waals surface area contributed by atoms with Crippen LogP contribution in [0.2, 0.25) is 5.02 Å². The Morgan fingerprint density at radius 2 is 2.14 bits per heavy atom. The first kappa shape index (κ1) is 14.3. The van der Waals surface area contributed by atoms with Gasteiger partial charge in [-0.25, -0.2) is 4.98 Å². The van der Waals surface area contributed by atoms with Gasteiger partial charge in [0.05, 0.1) is 24.4 Å². The van der Waals surface area contributed by atoms with Gasteiger partial charge in [-0.2, -0.15) is 0 Å². The Kier molecular flexibility index (Phi) is 3.80. The van der Waals surface area contributed by atoms with Crippen molar-refractivity contribution in [1.29, 1.82) is 0 Å². The summed E-state index contributed by atoms with van der Waals surface area (Å²) in [6, 6.07) is 7.11. The van der Waals surface area contributed by atoms with Crippen molar-refractivity contribution < 1.29 is 5.11 Å². The molecule has 0 aliphatic carbocycles. The summed E-state index contributed by atoms with van der Waals surface area (Å²) in [5.41, 5.74) is 1.45. The van der Waals surface area contributed by atoms with E-state index in [0.717, 1.165) is 11.1 Å². The van der Waals surface area contributed by atoms with Crippen molar-refractivity contribution in [2.45, 2.75) is 13.0 Å². The standard InChI is InChI=1S/C15H13ClN2O2S/c1-9(6-19)18-8-17-14-13(15(18)20)11(7-21-14)10-4-2-3-5-12(10)16/h2-5,7-9,19H,6H2,1H3/t9-/m1/s1. The fourth-order valence-corrected chi connectivity index (χ4v) is 3.36. The smallest absolute Gasteiger partial charge is 0.263 e. The Bertz CT molecular complexity index is 856. The average Bonchev–Trinajstić information content (AvgIpc) is 2.92. The van der Waals surface area contributed by atoms with Crippen LogP contribution in [0.1, 0.15) is 13.0 Å². The zero-order chi connectivity index (χ0) is 15.0. The van der Waals surface area contributed by atoms with Crippen molar-refractivity contribution in [3.05, 3.63) is 51.3 Å². The molecule has 0 saturated heterocycles. The van der Waals surface area contributed by atoms with Gasteiger partial charge in [0.15, 0.2) is 0 Å². The predicted octanol–water partition coefficient (Wildman–Crippen LogP) is 3.33. The molecule has 21 heavy (non-hydrogen) atoms. The summed E-state index contributed by atoms with van der Waals surface area (Å²) in [5.74, 6) is 0. The number of fused-ring (bicyclic) bond motifs is 1. The predicted molar refractivity (Wildman–Crippen MR) is 86.1 cm³/mol. The topological polar surface area (TPSA) is 55.1 Å². The molecule has 1 atom stereocenters. The fraction of sp³-hybridized carbons (Fsp3) is 0.200. The van der Waals surface area contributed by atoms with Gasteiger partial charge < -0.3 is 5.11 Å². The van der Waals surface area contributed by atoms with E-state index < -0.39 is 0 Å². The highest BCUT2D eigenvalue weighted by Crippen LogP contribution is 2.34. The van der Waals surface area contributed by atoms with E-state index in [0.29, 0.717) is 15.2 Å². The second-order valence-electron chi connectivity index (χ2n) is 4.80. The van der Waals surface area contributed by atoms with E-state index >= 15 is 0 Å². The lowest BCUT2D eigenvalue weighted by molar-refractivity contribution is 0.236. The molecule has 0 aliphatic heterocycles. The minimum Gasteiger partial charge on any atom is -0.394 e. The minimum absolute atomic E-state index is 0.112. The molecule has 0 spiro atoms. The molecule has 0 fully saturated rings. The van der Waals surface area contributed by atoms with Crippen molar-refractivity contribution in [3.8, 4) is 11.1 Å². The van der Waals surface area contributed by atoms with E-state index in [-0.39, 0.29) is 18.2 Å². The lowest BCUT2D eigenvalue weighted by atomic mass is 10.1. The lowest BCUT2D eigenvalue weighted by Gasteiger charge is -2.11. The van der Waals surface area contributed by atoms with Crippen LogP contribution in [0.3, 0.4) is 0 Å². The molecule has 4 nitrogen and oxygen atoms in total. The van der Waals surface area contributed by atoms with E-state index in [9.17, 15) is 9.90 Å². The Balaban J connectivity index is 2.31. The highest BCUT2D eigenvalue weighted by atomic mass is 35.5. The highest BCUT2D eigenvalue weighted by Gasteiger charge is 2.16. The molecule has 6 heteroatoms. The maximum absolute atomic E-state index is 12.7. The summed E-state index contributed by atoms with van der Waals surface area (Å²) in [5, 5.41) is 12.3. The van der Waals surface area contributed by atoms with E-state index in [1.807, 2.05) is 23.6 Å². The molecule has 0 bridgehead atoms. The number of aliphatic hydroxyl groups is 1. The molecule has 108 valence electrons. The van der Waals surface area contributed by atoms with Gasteiger partial charge in [-0.15, -0.1) is 11.3 Å². The molecule has 0 unspecified atom stereocenters. The summed E-state index contributed by atoms with van der Waals surface area (Å²) < 4.78 is 1.45. The molecule has 3 rings (SSSR count). The number of thiophene rings is 1. The first-order chi connectivity index (χ1) is 10.1. The maximum atomic E-state index is 12.7. The number of nitrogens with zero attached hydrogens (tertiary/aromatic N) is 2. The number of hydrogen-bond acceptors (Lipinski definition) is 4. The Labute approximate surface area is 130 Å². The van der Waals surface area contributed by atoms with E-state index in [1.165, 1.54) is 22.2 Å². The van der Waals surface area contributed by atoms with Gasteiger partial charge in [0.25, 0.3) is 5.56 Å². The van der Waals surface area contributed by atoms with Crippen LogP contribution < -0.4 is 5.56 Å². The van der Waals surface area contributed by atoms with Gasteiger partial charge in [0, 0.05) is 21.5 Å². The molecule has 0 saturated carbocycles. The molecule has 2 heterocycles. The van der Waals surface area contributed by atoms with E-state index in [2.05, 4.69) is 4.98 Å². The van der Waals surface area contributed by atoms with Crippen LogP contribution >= 0.6 is 22.9 Å². The van der Waals surface area contributed by atoms with E-state index in [4.69, 9.17) is 11.6 Å². The second kappa shape index (κ2) is 5.60. The normalized spacial score (nSPS) is 12.7. The van der Waals surface area contributed by atoms with Crippen LogP contribution in [0.4, 0.5) is 0 Å². The molecule has 2 aromatic heterocycles. The lowest BCUT2D eigenvalue weighted by Crippen LogP contribution is -2.25. The zero-order valence-electron chi connectivity index (χ0n) is 11.3. The third-order valence-electron chi connectivity index (χ3n) is 3.42. The number of rotatable bonds is 3. The third-order valence-corrected chi connectivity index (χ3v) is 4.64. The third kappa shape index (κ3) is 2.37. The van der Waals surface area contributed by atoms with Crippen molar-refractivity contribution in [3.63, 3.8) is 0 Å². The first-order valence-electron chi connectivity index (χ1n) is 6.47. The van der Waals surface area contributed by atoms with Gasteiger partial charge in [-0.1, -0.05) is 29.8 Å². The molecule has 0 amide bonds. The summed E-state index contributed by atoms with van der Waals surface area (Å²) in [7, 11) is 0. The molecular formula is C15H13ClN2O2S. The summed E-state index contributed by atoms with van der Waals surface area (Å²) >= 11 is 7.65. The van der Waals surface area contributed by atoms with Gasteiger partial charge >= 0.3 is 0 Å². The zero-order valence-corrected chi connectivity index (χ0v) is 12.9. The van der Waals surface area contributed by atoms with Gasteiger partial charge in [-0.3, -0.25) is 9.36 Å². The number of hydrogen-bond donors (Lipinski definition) is 1. The van der Waals surface area contributed by atoms with Gasteiger partial charge in [0.2, 0.25) is 0 Å². The van der Waals surface area contributed by atoms with Crippen molar-refractivity contribution in [2.24, 2.45) is 0 Å². The molecule has 1 N–H and O–H groups in total. The monoisotopic (exact) mass is 320 g/mol. The quantitative estimate of drug-likeness (QED) is 0.805. The molecule has 3 aromatic rings. The van der Waals surface area contributed by atoms with Gasteiger partial charge in [-0.05, 0) is 13.0 Å². The number of benzene rings is 1. The van der Waals surface area contributed by atoms with Crippen molar-refractivity contribution in [2.75, 3.05) is 6.61 Å². The van der Waals surface area contributed by atoms with Crippen LogP contribution in [-0.2, 0) is 0 Å². The Morgan fingerprint density at radius 1 is 1.38 bits per heavy atom. The average molecular weight is 321 g/mol. The van der Waals surface area contributed by atoms with Crippen LogP contribution in [0.15, 0.2) is 40.8 Å². The SMILES string of the molecule is C[C@H](CO)n1cnc2scc(-c3ccccc3Cl)c2c1=O. The number of aromatic nitrogens is 2. The molecular weight excluding hydrogens is 308 g/mol. The van der Waals surface area contributed by atoms with Crippen LogP contribution in [-0.4, -0.2) is 21.3 Å². The van der Waals surface area contributed by atoms with Crippen LogP contribution in [0.5, 0.6) is 0 Å². The summed E-state index contributed by atoms with van der Waals surface area (Å²) in [4.78, 5) is 17.7. The maximum Gasteiger partial charge on any atom is 0.263 e. The molecule has 1 aromatic carbocycles. The first-order valence-corrected chi connectivity index (χ1v) is 7.73. The van der Waals surface area contributed by atoms with Crippen molar-refractivity contribution >= 4 is 33.2 Å². The summed E-state index contributed by atoms with van der Waals surface area (Å²) in [6.07, 6.45) is 1.48. The highest BCUT2D eigenvalue weighted by molar-refractivity contribution is 7.17. The number of aliphatic hydroxyl groups excluding tert-OH is 1. The van der Waals surface area contributed by atoms with Crippen LogP contribution in [0, 0.1) is 0 Å². The number of halogens is 1. The second-order valence-corrected chi connectivity index (χ2v) is 6.06. The molecule has 0 aliphatic rings. The van der Waals surface area contributed by atoms with Crippen molar-refractivity contribution in [1.82, 2.24) is 9.55 Å². The largest absolute Gasteiger partial charge is 0.394 e. The Morgan fingerprint density at radius 3 is 2.86 bits per heavy atom. The van der Waals surface area contributed by atoms with Gasteiger partial charge in [0.1, 0.15) is 4.83 Å².